The third-order valence-electron chi connectivity index (χ3n) is 8.25. The molecule has 0 saturated heterocycles. The predicted octanol–water partition coefficient (Wildman–Crippen LogP) is 8.06. The van der Waals surface area contributed by atoms with Crippen molar-refractivity contribution in [2.45, 2.75) is 6.61 Å². The minimum atomic E-state index is -0.352. The summed E-state index contributed by atoms with van der Waals surface area (Å²) in [6.07, 6.45) is 0. The minimum absolute atomic E-state index is 0.0390. The quantitative estimate of drug-likeness (QED) is 0.158. The number of benzene rings is 4. The number of fused-ring (bicyclic) bond motifs is 4. The number of hydrogen-bond donors (Lipinski definition) is 3. The standard InChI is InChI=1S/C20H16N2O3.C19H16N2O2/c1-24-19-15(10-12-5-3-4-6-16(12)22-19)18-11-14-9-13(20(23)25-2)7-8-17(14)21-18;1-23-19-15(9-13-4-2-3-5-16(13)21-19)18-10-14-8-12(11-22)6-7-17(14)20-18/h3-11,21H,1-2H3;2-10,20,22H,11H2,1H3. The summed E-state index contributed by atoms with van der Waals surface area (Å²) in [6.45, 7) is 0.0390. The van der Waals surface area contributed by atoms with Crippen molar-refractivity contribution < 1.29 is 24.1 Å². The Labute approximate surface area is 275 Å². The van der Waals surface area contributed by atoms with Gasteiger partial charge in [0.2, 0.25) is 11.8 Å². The van der Waals surface area contributed by atoms with Crippen LogP contribution in [-0.4, -0.2) is 52.3 Å². The monoisotopic (exact) mass is 636 g/mol. The van der Waals surface area contributed by atoms with E-state index in [-0.39, 0.29) is 12.6 Å². The van der Waals surface area contributed by atoms with Crippen molar-refractivity contribution in [2.24, 2.45) is 0 Å². The van der Waals surface area contributed by atoms with E-state index in [4.69, 9.17) is 14.2 Å². The van der Waals surface area contributed by atoms with Crippen molar-refractivity contribution in [2.75, 3.05) is 21.3 Å². The zero-order chi connectivity index (χ0) is 33.2. The molecule has 8 rings (SSSR count). The van der Waals surface area contributed by atoms with E-state index in [0.717, 1.165) is 71.7 Å². The van der Waals surface area contributed by atoms with Gasteiger partial charge in [0.05, 0.1) is 67.0 Å². The van der Waals surface area contributed by atoms with E-state index < -0.39 is 0 Å². The average Bonchev–Trinajstić information content (AvgIpc) is 3.77. The summed E-state index contributed by atoms with van der Waals surface area (Å²) in [5.41, 5.74) is 8.78. The lowest BCUT2D eigenvalue weighted by Crippen LogP contribution is -2.00. The van der Waals surface area contributed by atoms with Crippen molar-refractivity contribution in [1.82, 2.24) is 19.9 Å². The molecule has 0 amide bonds. The Morgan fingerprint density at radius 1 is 0.625 bits per heavy atom. The summed E-state index contributed by atoms with van der Waals surface area (Å²) >= 11 is 0. The number of esters is 1. The van der Waals surface area contributed by atoms with Crippen molar-refractivity contribution in [3.05, 3.63) is 120 Å². The summed E-state index contributed by atoms with van der Waals surface area (Å²) in [4.78, 5) is 27.7. The summed E-state index contributed by atoms with van der Waals surface area (Å²) in [5, 5.41) is 13.4. The van der Waals surface area contributed by atoms with Gasteiger partial charge >= 0.3 is 5.97 Å². The molecule has 0 fully saturated rings. The zero-order valence-electron chi connectivity index (χ0n) is 26.6. The van der Waals surface area contributed by atoms with Gasteiger partial charge in [-0.1, -0.05) is 42.5 Å². The normalized spacial score (nSPS) is 11.1. The molecule has 0 aliphatic carbocycles. The van der Waals surface area contributed by atoms with E-state index in [1.807, 2.05) is 91.0 Å². The van der Waals surface area contributed by atoms with E-state index in [2.05, 4.69) is 32.1 Å². The SMILES string of the molecule is COC(=O)c1ccc2[nH]c(-c3cc4ccccc4nc3OC)cc2c1.COc1nc2ccccc2cc1-c1cc2cc(CO)ccc2[nH]1. The molecule has 0 atom stereocenters. The van der Waals surface area contributed by atoms with Crippen molar-refractivity contribution in [1.29, 1.82) is 0 Å². The van der Waals surface area contributed by atoms with Crippen LogP contribution in [0, 0.1) is 0 Å². The van der Waals surface area contributed by atoms with Crippen LogP contribution < -0.4 is 9.47 Å². The van der Waals surface area contributed by atoms with Crippen LogP contribution in [0.2, 0.25) is 0 Å². The highest BCUT2D eigenvalue weighted by molar-refractivity contribution is 5.97. The molecule has 0 saturated carbocycles. The Kier molecular flexibility index (Phi) is 8.19. The largest absolute Gasteiger partial charge is 0.480 e. The number of aromatic nitrogens is 4. The van der Waals surface area contributed by atoms with Crippen LogP contribution in [0.4, 0.5) is 0 Å². The van der Waals surface area contributed by atoms with Crippen molar-refractivity contribution >= 4 is 49.6 Å². The Hall–Kier alpha value is -6.19. The first-order valence-corrected chi connectivity index (χ1v) is 15.3. The third kappa shape index (κ3) is 5.78. The van der Waals surface area contributed by atoms with Gasteiger partial charge in [-0.3, -0.25) is 0 Å². The van der Waals surface area contributed by atoms with Gasteiger partial charge in [0.25, 0.3) is 0 Å². The van der Waals surface area contributed by atoms with Gasteiger partial charge < -0.3 is 29.3 Å². The van der Waals surface area contributed by atoms with E-state index in [1.165, 1.54) is 7.11 Å². The molecule has 9 nitrogen and oxygen atoms in total. The van der Waals surface area contributed by atoms with E-state index in [0.29, 0.717) is 17.3 Å². The first kappa shape index (κ1) is 30.5. The smallest absolute Gasteiger partial charge is 0.337 e. The second-order valence-corrected chi connectivity index (χ2v) is 11.2. The molecule has 3 N–H and O–H groups in total. The van der Waals surface area contributed by atoms with Crippen LogP contribution >= 0.6 is 0 Å². The van der Waals surface area contributed by atoms with Gasteiger partial charge in [-0.15, -0.1) is 0 Å². The molecule has 0 aliphatic rings. The fourth-order valence-corrected chi connectivity index (χ4v) is 5.84. The Balaban J connectivity index is 0.000000152. The van der Waals surface area contributed by atoms with Crippen LogP contribution in [0.25, 0.3) is 66.1 Å². The lowest BCUT2D eigenvalue weighted by atomic mass is 10.1. The number of H-pyrrole nitrogens is 2. The van der Waals surface area contributed by atoms with Crippen LogP contribution in [0.5, 0.6) is 11.8 Å². The number of nitrogens with zero attached hydrogens (tertiary/aromatic N) is 2. The molecule has 8 aromatic rings. The van der Waals surface area contributed by atoms with Gasteiger partial charge in [0, 0.05) is 32.6 Å². The first-order valence-electron chi connectivity index (χ1n) is 15.3. The topological polar surface area (TPSA) is 122 Å². The number of carbonyl (C=O) groups excluding carboxylic acids is 1. The summed E-state index contributed by atoms with van der Waals surface area (Å²) in [6, 6.07) is 35.3. The van der Waals surface area contributed by atoms with Gasteiger partial charge in [-0.2, -0.15) is 0 Å². The van der Waals surface area contributed by atoms with E-state index in [9.17, 15) is 9.90 Å². The number of aromatic amines is 2. The Bertz CT molecular complexity index is 2450. The van der Waals surface area contributed by atoms with Crippen LogP contribution in [-0.2, 0) is 11.3 Å². The fraction of sp³-hybridized carbons (Fsp3) is 0.103. The molecular weight excluding hydrogens is 604 g/mol. The molecule has 0 aliphatic heterocycles. The maximum absolute atomic E-state index is 11.7. The summed E-state index contributed by atoms with van der Waals surface area (Å²) < 4.78 is 15.7. The number of rotatable bonds is 6. The number of nitrogens with one attached hydrogen (secondary N) is 2. The molecule has 238 valence electrons. The Morgan fingerprint density at radius 2 is 1.15 bits per heavy atom. The van der Waals surface area contributed by atoms with Crippen LogP contribution in [0.15, 0.2) is 109 Å². The molecule has 4 heterocycles. The molecular formula is C39H32N4O5. The van der Waals surface area contributed by atoms with Crippen molar-refractivity contribution in [3.8, 4) is 34.3 Å². The molecule has 4 aromatic carbocycles. The highest BCUT2D eigenvalue weighted by Crippen LogP contribution is 2.35. The average molecular weight is 637 g/mol. The third-order valence-corrected chi connectivity index (χ3v) is 8.25. The molecule has 0 bridgehead atoms. The molecule has 9 heteroatoms. The number of ether oxygens (including phenoxy) is 3. The van der Waals surface area contributed by atoms with Gasteiger partial charge in [0.1, 0.15) is 0 Å². The van der Waals surface area contributed by atoms with Gasteiger partial charge in [0.15, 0.2) is 0 Å². The maximum Gasteiger partial charge on any atom is 0.337 e. The summed E-state index contributed by atoms with van der Waals surface area (Å²) in [5.74, 6) is 0.797. The molecule has 0 spiro atoms. The maximum atomic E-state index is 11.7. The lowest BCUT2D eigenvalue weighted by molar-refractivity contribution is 0.0601. The molecule has 4 aromatic heterocycles. The number of pyridine rings is 2. The number of aliphatic hydroxyl groups excluding tert-OH is 1. The second-order valence-electron chi connectivity index (χ2n) is 11.2. The molecule has 48 heavy (non-hydrogen) atoms. The minimum Gasteiger partial charge on any atom is -0.480 e. The second kappa shape index (κ2) is 12.9. The van der Waals surface area contributed by atoms with Gasteiger partial charge in [-0.25, -0.2) is 14.8 Å². The van der Waals surface area contributed by atoms with Crippen LogP contribution in [0.1, 0.15) is 15.9 Å². The highest BCUT2D eigenvalue weighted by atomic mass is 16.5. The van der Waals surface area contributed by atoms with E-state index in [1.54, 1.807) is 20.3 Å². The predicted molar refractivity (Wildman–Crippen MR) is 188 cm³/mol. The van der Waals surface area contributed by atoms with Crippen molar-refractivity contribution in [3.63, 3.8) is 0 Å². The Morgan fingerprint density at radius 3 is 1.67 bits per heavy atom. The van der Waals surface area contributed by atoms with Gasteiger partial charge in [-0.05, 0) is 72.3 Å². The van der Waals surface area contributed by atoms with E-state index >= 15 is 0 Å². The summed E-state index contributed by atoms with van der Waals surface area (Å²) in [7, 11) is 4.62. The van der Waals surface area contributed by atoms with Crippen LogP contribution in [0.3, 0.4) is 0 Å². The number of para-hydroxylation sites is 2. The molecule has 0 unspecified atom stereocenters. The fourth-order valence-electron chi connectivity index (χ4n) is 5.84. The lowest BCUT2D eigenvalue weighted by Gasteiger charge is -2.08. The number of hydrogen-bond acceptors (Lipinski definition) is 7. The number of aliphatic hydroxyl groups is 1. The highest BCUT2D eigenvalue weighted by Gasteiger charge is 2.15. The number of methoxy groups -OCH3 is 3. The number of carbonyl (C=O) groups is 1. The first-order chi connectivity index (χ1) is 23.5. The molecule has 0 radical (unpaired) electrons. The zero-order valence-corrected chi connectivity index (χ0v) is 26.6.